The van der Waals surface area contributed by atoms with Crippen LogP contribution in [-0.4, -0.2) is 20.9 Å². The van der Waals surface area contributed by atoms with E-state index in [0.717, 1.165) is 11.5 Å². The number of nitriles is 1. The summed E-state index contributed by atoms with van der Waals surface area (Å²) in [5, 5.41) is 11.4. The van der Waals surface area contributed by atoms with Gasteiger partial charge in [-0.05, 0) is 0 Å². The van der Waals surface area contributed by atoms with Crippen molar-refractivity contribution in [3.8, 4) is 6.07 Å². The largest absolute Gasteiger partial charge is 0.368 e. The molecule has 0 aliphatic heterocycles. The van der Waals surface area contributed by atoms with E-state index in [2.05, 4.69) is 21.4 Å². The van der Waals surface area contributed by atoms with E-state index in [1.165, 1.54) is 0 Å². The Hall–Kier alpha value is -2.09. The van der Waals surface area contributed by atoms with Gasteiger partial charge in [-0.15, -0.1) is 0 Å². The second-order valence-electron chi connectivity index (χ2n) is 2.80. The molecule has 0 atom stereocenters. The quantitative estimate of drug-likeness (QED) is 0.729. The summed E-state index contributed by atoms with van der Waals surface area (Å²) < 4.78 is 1.88. The molecule has 0 bridgehead atoms. The highest BCUT2D eigenvalue weighted by Gasteiger charge is 1.96. The predicted molar refractivity (Wildman–Crippen MR) is 51.7 cm³/mol. The Kier molecular flexibility index (Phi) is 2.28. The van der Waals surface area contributed by atoms with Crippen LogP contribution in [0.4, 0.5) is 5.82 Å². The Balaban J connectivity index is 2.14. The van der Waals surface area contributed by atoms with Crippen molar-refractivity contribution in [1.29, 1.82) is 5.26 Å². The molecule has 2 heterocycles. The average molecular weight is 187 g/mol. The zero-order valence-electron chi connectivity index (χ0n) is 7.51. The fourth-order valence-corrected chi connectivity index (χ4v) is 1.16. The van der Waals surface area contributed by atoms with Gasteiger partial charge < -0.3 is 9.72 Å². The van der Waals surface area contributed by atoms with Crippen LogP contribution >= 0.6 is 0 Å². The first kappa shape index (κ1) is 8.51. The molecule has 5 nitrogen and oxygen atoms in total. The molecule has 2 aromatic rings. The van der Waals surface area contributed by atoms with Crippen LogP contribution in [0.25, 0.3) is 5.65 Å². The molecule has 2 aromatic heterocycles. The maximum atomic E-state index is 8.36. The van der Waals surface area contributed by atoms with E-state index in [9.17, 15) is 0 Å². The molecule has 0 amide bonds. The summed E-state index contributed by atoms with van der Waals surface area (Å²) in [4.78, 5) is 8.22. The maximum absolute atomic E-state index is 8.36. The molecule has 0 aliphatic carbocycles. The number of rotatable bonds is 3. The van der Waals surface area contributed by atoms with Gasteiger partial charge >= 0.3 is 0 Å². The normalized spacial score (nSPS) is 9.93. The van der Waals surface area contributed by atoms with Crippen molar-refractivity contribution in [2.24, 2.45) is 0 Å². The van der Waals surface area contributed by atoms with Gasteiger partial charge in [-0.3, -0.25) is 0 Å². The number of nitrogens with zero attached hydrogens (tertiary/aromatic N) is 4. The van der Waals surface area contributed by atoms with Crippen LogP contribution in [0, 0.1) is 11.3 Å². The van der Waals surface area contributed by atoms with Crippen LogP contribution in [0.2, 0.25) is 0 Å². The van der Waals surface area contributed by atoms with Crippen molar-refractivity contribution < 1.29 is 0 Å². The van der Waals surface area contributed by atoms with Crippen molar-refractivity contribution in [3.05, 3.63) is 24.8 Å². The lowest BCUT2D eigenvalue weighted by Gasteiger charge is -2.02. The number of fused-ring (bicyclic) bond motifs is 1. The fourth-order valence-electron chi connectivity index (χ4n) is 1.16. The highest BCUT2D eigenvalue weighted by Crippen LogP contribution is 2.04. The van der Waals surface area contributed by atoms with Crippen LogP contribution < -0.4 is 5.32 Å². The van der Waals surface area contributed by atoms with Gasteiger partial charge in [0, 0.05) is 18.9 Å². The third-order valence-electron chi connectivity index (χ3n) is 1.82. The smallest absolute Gasteiger partial charge is 0.155 e. The van der Waals surface area contributed by atoms with Gasteiger partial charge in [0.2, 0.25) is 0 Å². The molecule has 0 spiro atoms. The highest BCUT2D eigenvalue weighted by atomic mass is 15.1. The van der Waals surface area contributed by atoms with E-state index >= 15 is 0 Å². The first-order valence-electron chi connectivity index (χ1n) is 4.30. The van der Waals surface area contributed by atoms with Gasteiger partial charge in [-0.2, -0.15) is 5.26 Å². The third-order valence-corrected chi connectivity index (χ3v) is 1.82. The van der Waals surface area contributed by atoms with Crippen molar-refractivity contribution in [2.45, 2.75) is 6.42 Å². The number of hydrogen-bond acceptors (Lipinski definition) is 4. The van der Waals surface area contributed by atoms with E-state index in [0.29, 0.717) is 13.0 Å². The molecule has 0 fully saturated rings. The van der Waals surface area contributed by atoms with E-state index in [-0.39, 0.29) is 0 Å². The monoisotopic (exact) mass is 187 g/mol. The van der Waals surface area contributed by atoms with E-state index in [1.54, 1.807) is 12.4 Å². The minimum absolute atomic E-state index is 0.476. The highest BCUT2D eigenvalue weighted by molar-refractivity contribution is 5.42. The molecule has 70 valence electrons. The maximum Gasteiger partial charge on any atom is 0.155 e. The third kappa shape index (κ3) is 1.64. The standard InChI is InChI=1S/C9H9N5/c10-2-1-3-11-8-7-14-5-4-12-9(14)6-13-8/h4-7,11H,1,3H2. The first-order valence-corrected chi connectivity index (χ1v) is 4.30. The minimum atomic E-state index is 0.476. The van der Waals surface area contributed by atoms with Crippen LogP contribution in [0.5, 0.6) is 0 Å². The molecular weight excluding hydrogens is 178 g/mol. The molecule has 0 aliphatic rings. The van der Waals surface area contributed by atoms with E-state index < -0.39 is 0 Å². The summed E-state index contributed by atoms with van der Waals surface area (Å²) in [7, 11) is 0. The van der Waals surface area contributed by atoms with Crippen LogP contribution in [0.1, 0.15) is 6.42 Å². The van der Waals surface area contributed by atoms with Gasteiger partial charge in [0.15, 0.2) is 5.65 Å². The molecule has 0 saturated heterocycles. The van der Waals surface area contributed by atoms with Gasteiger partial charge in [-0.1, -0.05) is 0 Å². The summed E-state index contributed by atoms with van der Waals surface area (Å²) in [5.41, 5.74) is 0.816. The Bertz CT molecular complexity index is 467. The summed E-state index contributed by atoms with van der Waals surface area (Å²) in [5.74, 6) is 0.755. The molecule has 14 heavy (non-hydrogen) atoms. The van der Waals surface area contributed by atoms with Crippen LogP contribution in [0.15, 0.2) is 24.8 Å². The number of hydrogen-bond donors (Lipinski definition) is 1. The average Bonchev–Trinajstić information content (AvgIpc) is 2.65. The zero-order valence-corrected chi connectivity index (χ0v) is 7.51. The molecule has 0 unspecified atom stereocenters. The Morgan fingerprint density at radius 2 is 2.43 bits per heavy atom. The molecule has 5 heteroatoms. The predicted octanol–water partition coefficient (Wildman–Crippen LogP) is 1.05. The molecule has 0 aromatic carbocycles. The van der Waals surface area contributed by atoms with E-state index in [1.807, 2.05) is 16.8 Å². The van der Waals surface area contributed by atoms with Gasteiger partial charge in [0.05, 0.1) is 24.9 Å². The second-order valence-corrected chi connectivity index (χ2v) is 2.80. The summed E-state index contributed by atoms with van der Waals surface area (Å²) in [6.45, 7) is 0.615. The van der Waals surface area contributed by atoms with Crippen molar-refractivity contribution in [1.82, 2.24) is 14.4 Å². The number of nitrogens with one attached hydrogen (secondary N) is 1. The van der Waals surface area contributed by atoms with Crippen LogP contribution in [0.3, 0.4) is 0 Å². The lowest BCUT2D eigenvalue weighted by molar-refractivity contribution is 1.03. The Labute approximate surface area is 81.0 Å². The molecule has 0 saturated carbocycles. The van der Waals surface area contributed by atoms with Gasteiger partial charge in [0.1, 0.15) is 5.82 Å². The van der Waals surface area contributed by atoms with E-state index in [4.69, 9.17) is 5.26 Å². The summed E-state index contributed by atoms with van der Waals surface area (Å²) >= 11 is 0. The topological polar surface area (TPSA) is 66.0 Å². The van der Waals surface area contributed by atoms with Gasteiger partial charge in [-0.25, -0.2) is 9.97 Å². The second kappa shape index (κ2) is 3.75. The van der Waals surface area contributed by atoms with Crippen molar-refractivity contribution in [2.75, 3.05) is 11.9 Å². The minimum Gasteiger partial charge on any atom is -0.368 e. The Morgan fingerprint density at radius 3 is 3.29 bits per heavy atom. The molecule has 0 radical (unpaired) electrons. The van der Waals surface area contributed by atoms with Crippen molar-refractivity contribution in [3.63, 3.8) is 0 Å². The zero-order chi connectivity index (χ0) is 9.80. The molecule has 1 N–H and O–H groups in total. The molecule has 2 rings (SSSR count). The number of imidazole rings is 1. The summed E-state index contributed by atoms with van der Waals surface area (Å²) in [6, 6.07) is 2.06. The molecular formula is C9H9N5. The number of aromatic nitrogens is 3. The SMILES string of the molecule is N#CCCNc1cn2ccnc2cn1. The number of anilines is 1. The van der Waals surface area contributed by atoms with Crippen molar-refractivity contribution >= 4 is 11.5 Å². The summed E-state index contributed by atoms with van der Waals surface area (Å²) in [6.07, 6.45) is 7.58. The van der Waals surface area contributed by atoms with Gasteiger partial charge in [0.25, 0.3) is 0 Å². The first-order chi connectivity index (χ1) is 6.90. The van der Waals surface area contributed by atoms with Crippen LogP contribution in [-0.2, 0) is 0 Å². The lowest BCUT2D eigenvalue weighted by Crippen LogP contribution is -2.03. The fraction of sp³-hybridized carbons (Fsp3) is 0.222. The lowest BCUT2D eigenvalue weighted by atomic mass is 10.4. The Morgan fingerprint density at radius 1 is 1.50 bits per heavy atom.